The van der Waals surface area contributed by atoms with Crippen LogP contribution in [0, 0.1) is 0 Å². The van der Waals surface area contributed by atoms with E-state index in [1.54, 1.807) is 6.92 Å². The lowest BCUT2D eigenvalue weighted by atomic mass is 9.96. The predicted molar refractivity (Wildman–Crippen MR) is 63.4 cm³/mol. The Morgan fingerprint density at radius 3 is 1.94 bits per heavy atom. The van der Waals surface area contributed by atoms with Gasteiger partial charge in [0, 0.05) is 37.9 Å². The van der Waals surface area contributed by atoms with Crippen LogP contribution in [0.25, 0.3) is 0 Å². The summed E-state index contributed by atoms with van der Waals surface area (Å²) >= 11 is 0. The van der Waals surface area contributed by atoms with E-state index in [0.717, 1.165) is 25.7 Å². The summed E-state index contributed by atoms with van der Waals surface area (Å²) < 4.78 is 0. The minimum absolute atomic E-state index is 0.0272. The fourth-order valence-electron chi connectivity index (χ4n) is 3.87. The van der Waals surface area contributed by atoms with Gasteiger partial charge in [-0.15, -0.1) is 0 Å². The minimum Gasteiger partial charge on any atom is -0.337 e. The van der Waals surface area contributed by atoms with Crippen LogP contribution in [-0.2, 0) is 14.4 Å². The zero-order valence-corrected chi connectivity index (χ0v) is 10.6. The van der Waals surface area contributed by atoms with E-state index in [-0.39, 0.29) is 35.8 Å². The average molecular weight is 250 g/mol. The van der Waals surface area contributed by atoms with Gasteiger partial charge in [0.25, 0.3) is 0 Å². The smallest absolute Gasteiger partial charge is 0.229 e. The molecule has 3 fully saturated rings. The topological polar surface area (TPSA) is 57.7 Å². The number of hydrogen-bond acceptors (Lipinski definition) is 3. The highest BCUT2D eigenvalue weighted by Gasteiger charge is 2.46. The van der Waals surface area contributed by atoms with Crippen molar-refractivity contribution in [3.8, 4) is 0 Å². The summed E-state index contributed by atoms with van der Waals surface area (Å²) in [6.07, 6.45) is 4.29. The van der Waals surface area contributed by atoms with Crippen molar-refractivity contribution >= 4 is 17.7 Å². The summed E-state index contributed by atoms with van der Waals surface area (Å²) in [4.78, 5) is 38.5. The number of nitrogens with zero attached hydrogens (tertiary/aromatic N) is 2. The Kier molecular flexibility index (Phi) is 2.64. The van der Waals surface area contributed by atoms with Crippen LogP contribution in [0.5, 0.6) is 0 Å². The number of amides is 3. The van der Waals surface area contributed by atoms with E-state index < -0.39 is 0 Å². The van der Waals surface area contributed by atoms with Gasteiger partial charge in [-0.3, -0.25) is 19.3 Å². The molecule has 0 saturated carbocycles. The van der Waals surface area contributed by atoms with Gasteiger partial charge < -0.3 is 4.90 Å². The van der Waals surface area contributed by atoms with Gasteiger partial charge >= 0.3 is 0 Å². The number of likely N-dealkylation sites (tertiary alicyclic amines) is 1. The monoisotopic (exact) mass is 250 g/mol. The third-order valence-electron chi connectivity index (χ3n) is 4.53. The number of piperidine rings is 1. The van der Waals surface area contributed by atoms with Crippen LogP contribution in [-0.4, -0.2) is 45.6 Å². The maximum absolute atomic E-state index is 11.8. The zero-order valence-electron chi connectivity index (χ0n) is 10.6. The quantitative estimate of drug-likeness (QED) is 0.643. The number of carbonyl (C=O) groups excluding carboxylic acids is 3. The highest BCUT2D eigenvalue weighted by atomic mass is 16.2. The van der Waals surface area contributed by atoms with Gasteiger partial charge in [0.2, 0.25) is 17.7 Å². The Morgan fingerprint density at radius 1 is 1.00 bits per heavy atom. The third-order valence-corrected chi connectivity index (χ3v) is 4.53. The lowest BCUT2D eigenvalue weighted by Crippen LogP contribution is -2.53. The molecule has 5 heteroatoms. The van der Waals surface area contributed by atoms with Crippen LogP contribution < -0.4 is 0 Å². The lowest BCUT2D eigenvalue weighted by molar-refractivity contribution is -0.144. The molecular formula is C13H18N2O3. The van der Waals surface area contributed by atoms with Gasteiger partial charge in [-0.05, 0) is 25.7 Å². The summed E-state index contributed by atoms with van der Waals surface area (Å²) in [7, 11) is 0. The molecule has 3 rings (SSSR count). The molecule has 3 saturated heterocycles. The Hall–Kier alpha value is -1.39. The summed E-state index contributed by atoms with van der Waals surface area (Å²) in [6, 6.07) is 0.487. The van der Waals surface area contributed by atoms with E-state index in [0.29, 0.717) is 12.8 Å². The average Bonchev–Trinajstić information content (AvgIpc) is 2.77. The van der Waals surface area contributed by atoms with Crippen molar-refractivity contribution in [2.45, 2.75) is 63.6 Å². The first-order valence-corrected chi connectivity index (χ1v) is 6.71. The van der Waals surface area contributed by atoms with Gasteiger partial charge in [0.05, 0.1) is 0 Å². The molecule has 3 amide bonds. The fraction of sp³-hybridized carbons (Fsp3) is 0.769. The first-order chi connectivity index (χ1) is 8.58. The van der Waals surface area contributed by atoms with Crippen molar-refractivity contribution in [1.82, 2.24) is 9.80 Å². The van der Waals surface area contributed by atoms with Crippen LogP contribution in [0.4, 0.5) is 0 Å². The van der Waals surface area contributed by atoms with Gasteiger partial charge in [-0.1, -0.05) is 0 Å². The second kappa shape index (κ2) is 4.07. The van der Waals surface area contributed by atoms with E-state index in [9.17, 15) is 14.4 Å². The molecule has 0 N–H and O–H groups in total. The first-order valence-electron chi connectivity index (χ1n) is 6.71. The molecule has 2 atom stereocenters. The highest BCUT2D eigenvalue weighted by Crippen LogP contribution is 2.38. The third kappa shape index (κ3) is 1.64. The summed E-state index contributed by atoms with van der Waals surface area (Å²) in [5.74, 6) is 0.0707. The number of carbonyl (C=O) groups is 3. The van der Waals surface area contributed by atoms with Crippen LogP contribution in [0.1, 0.15) is 45.4 Å². The Morgan fingerprint density at radius 2 is 1.50 bits per heavy atom. The molecule has 0 aromatic heterocycles. The maximum Gasteiger partial charge on any atom is 0.229 e. The highest BCUT2D eigenvalue weighted by molar-refractivity contribution is 6.02. The maximum atomic E-state index is 11.8. The van der Waals surface area contributed by atoms with Crippen LogP contribution >= 0.6 is 0 Å². The number of hydrogen-bond donors (Lipinski definition) is 0. The SMILES string of the molecule is CC(=O)N1C2CCC1CC(N1C(=O)CCC1=O)C2. The summed E-state index contributed by atoms with van der Waals surface area (Å²) in [5, 5.41) is 0. The lowest BCUT2D eigenvalue weighted by Gasteiger charge is -2.41. The second-order valence-electron chi connectivity index (χ2n) is 5.59. The molecule has 0 aromatic rings. The molecule has 2 bridgehead atoms. The van der Waals surface area contributed by atoms with E-state index >= 15 is 0 Å². The molecule has 98 valence electrons. The van der Waals surface area contributed by atoms with E-state index in [1.165, 1.54) is 4.90 Å². The molecule has 5 nitrogen and oxygen atoms in total. The standard InChI is InChI=1S/C13H18N2O3/c1-8(16)14-9-2-3-10(14)7-11(6-9)15-12(17)4-5-13(15)18/h9-11H,2-7H2,1H3. The molecular weight excluding hydrogens is 232 g/mol. The van der Waals surface area contributed by atoms with Crippen molar-refractivity contribution in [3.05, 3.63) is 0 Å². The first kappa shape index (κ1) is 11.7. The van der Waals surface area contributed by atoms with E-state index in [4.69, 9.17) is 0 Å². The molecule has 2 unspecified atom stereocenters. The van der Waals surface area contributed by atoms with Crippen molar-refractivity contribution in [2.75, 3.05) is 0 Å². The zero-order chi connectivity index (χ0) is 12.9. The normalized spacial score (nSPS) is 35.5. The fourth-order valence-corrected chi connectivity index (χ4v) is 3.87. The van der Waals surface area contributed by atoms with Gasteiger partial charge in [0.1, 0.15) is 0 Å². The van der Waals surface area contributed by atoms with Crippen molar-refractivity contribution in [2.24, 2.45) is 0 Å². The van der Waals surface area contributed by atoms with Crippen LogP contribution in [0.3, 0.4) is 0 Å². The van der Waals surface area contributed by atoms with Crippen molar-refractivity contribution in [1.29, 1.82) is 0 Å². The Labute approximate surface area is 106 Å². The predicted octanol–water partition coefficient (Wildman–Crippen LogP) is 0.677. The summed E-state index contributed by atoms with van der Waals surface area (Å²) in [6.45, 7) is 1.61. The van der Waals surface area contributed by atoms with Gasteiger partial charge in [-0.2, -0.15) is 0 Å². The molecule has 0 radical (unpaired) electrons. The van der Waals surface area contributed by atoms with Crippen LogP contribution in [0.15, 0.2) is 0 Å². The van der Waals surface area contributed by atoms with Crippen molar-refractivity contribution < 1.29 is 14.4 Å². The molecule has 0 spiro atoms. The van der Waals surface area contributed by atoms with Crippen LogP contribution in [0.2, 0.25) is 0 Å². The molecule has 0 aliphatic carbocycles. The van der Waals surface area contributed by atoms with Crippen molar-refractivity contribution in [3.63, 3.8) is 0 Å². The van der Waals surface area contributed by atoms with E-state index in [1.807, 2.05) is 4.90 Å². The van der Waals surface area contributed by atoms with Gasteiger partial charge in [0.15, 0.2) is 0 Å². The number of fused-ring (bicyclic) bond motifs is 2. The van der Waals surface area contributed by atoms with E-state index in [2.05, 4.69) is 0 Å². The number of rotatable bonds is 1. The molecule has 0 aromatic carbocycles. The second-order valence-corrected chi connectivity index (χ2v) is 5.59. The Bertz CT molecular complexity index is 390. The van der Waals surface area contributed by atoms with Gasteiger partial charge in [-0.25, -0.2) is 0 Å². The molecule has 3 aliphatic rings. The molecule has 18 heavy (non-hydrogen) atoms. The number of imide groups is 1. The molecule has 3 heterocycles. The summed E-state index contributed by atoms with van der Waals surface area (Å²) in [5.41, 5.74) is 0. The largest absolute Gasteiger partial charge is 0.337 e. The Balaban J connectivity index is 1.78. The minimum atomic E-state index is -0.0272. The molecule has 3 aliphatic heterocycles.